The van der Waals surface area contributed by atoms with Crippen LogP contribution in [0, 0.1) is 34.5 Å². The van der Waals surface area contributed by atoms with E-state index in [0.717, 1.165) is 57.8 Å². The summed E-state index contributed by atoms with van der Waals surface area (Å²) in [6.45, 7) is 8.71. The highest BCUT2D eigenvalue weighted by molar-refractivity contribution is 7.51. The van der Waals surface area contributed by atoms with Crippen molar-refractivity contribution in [3.05, 3.63) is 11.6 Å². The Labute approximate surface area is 223 Å². The molecule has 0 aromatic carbocycles. The molecule has 8 atom stereocenters. The van der Waals surface area contributed by atoms with Crippen LogP contribution in [0.3, 0.4) is 0 Å². The Morgan fingerprint density at radius 2 is 1.84 bits per heavy atom. The third-order valence-electron chi connectivity index (χ3n) is 10.5. The van der Waals surface area contributed by atoms with Crippen molar-refractivity contribution in [1.29, 1.82) is 0 Å². The molecule has 0 aliphatic heterocycles. The number of rotatable bonds is 10. The Bertz CT molecular complexity index is 929. The standard InChI is InChI=1S/C29H48NO6P/c1-20(31)24-11-12-25-23-10-9-21-19-22(13-15-28(21,2)26(23)14-16-29(24,25)3)36-27(32)30-17-7-5-6-8-18-35-37(4,33)34/h9,22-26H,5-8,10-19H2,1-4H3,(H,30,32)(H,33,34)/t22-,23-,24+,25-,26-,28-,29+/m0/s1. The van der Waals surface area contributed by atoms with E-state index in [-0.39, 0.29) is 35.6 Å². The Morgan fingerprint density at radius 3 is 2.57 bits per heavy atom. The van der Waals surface area contributed by atoms with Crippen LogP contribution in [0.25, 0.3) is 0 Å². The summed E-state index contributed by atoms with van der Waals surface area (Å²) in [5.41, 5.74) is 1.87. The van der Waals surface area contributed by atoms with E-state index < -0.39 is 7.60 Å². The zero-order valence-corrected chi connectivity index (χ0v) is 24.2. The maximum atomic E-state index is 12.4. The molecular weight excluding hydrogens is 489 g/mol. The lowest BCUT2D eigenvalue weighted by atomic mass is 9.47. The molecule has 0 saturated heterocycles. The van der Waals surface area contributed by atoms with Crippen LogP contribution in [0.15, 0.2) is 11.6 Å². The first-order valence-electron chi connectivity index (χ1n) is 14.5. The fourth-order valence-corrected chi connectivity index (χ4v) is 9.06. The minimum absolute atomic E-state index is 0.0568. The number of allylic oxidation sites excluding steroid dienone is 1. The zero-order chi connectivity index (χ0) is 26.8. The molecule has 0 radical (unpaired) electrons. The molecule has 8 heteroatoms. The summed E-state index contributed by atoms with van der Waals surface area (Å²) < 4.78 is 21.8. The normalized spacial score (nSPS) is 38.4. The number of carbonyl (C=O) groups excluding carboxylic acids is 2. The van der Waals surface area contributed by atoms with Gasteiger partial charge in [-0.1, -0.05) is 38.3 Å². The summed E-state index contributed by atoms with van der Waals surface area (Å²) in [7, 11) is -3.38. The number of fused-ring (bicyclic) bond motifs is 5. The maximum absolute atomic E-state index is 12.4. The largest absolute Gasteiger partial charge is 0.446 e. The van der Waals surface area contributed by atoms with Gasteiger partial charge in [-0.05, 0) is 93.3 Å². The molecular formula is C29H48NO6P. The van der Waals surface area contributed by atoms with Crippen LogP contribution < -0.4 is 5.32 Å². The first kappa shape index (κ1) is 28.8. The van der Waals surface area contributed by atoms with E-state index in [2.05, 4.69) is 25.2 Å². The first-order chi connectivity index (χ1) is 17.4. The minimum Gasteiger partial charge on any atom is -0.446 e. The van der Waals surface area contributed by atoms with Gasteiger partial charge in [0.05, 0.1) is 6.61 Å². The number of Topliss-reactive ketones (excluding diaryl/α,β-unsaturated/α-hetero) is 1. The first-order valence-corrected chi connectivity index (χ1v) is 16.6. The Balaban J connectivity index is 1.22. The second kappa shape index (κ2) is 11.5. The lowest BCUT2D eigenvalue weighted by Crippen LogP contribution is -2.51. The zero-order valence-electron chi connectivity index (χ0n) is 23.3. The summed E-state index contributed by atoms with van der Waals surface area (Å²) in [4.78, 5) is 33.9. The van der Waals surface area contributed by atoms with Gasteiger partial charge >= 0.3 is 13.7 Å². The van der Waals surface area contributed by atoms with Crippen LogP contribution in [-0.2, 0) is 18.6 Å². The number of alkyl carbamates (subject to hydrolysis) is 1. The molecule has 7 nitrogen and oxygen atoms in total. The van der Waals surface area contributed by atoms with Gasteiger partial charge in [-0.3, -0.25) is 9.36 Å². The van der Waals surface area contributed by atoms with E-state index in [1.807, 2.05) is 0 Å². The average Bonchev–Trinajstić information content (AvgIpc) is 3.18. The summed E-state index contributed by atoms with van der Waals surface area (Å²) in [5, 5.41) is 2.89. The molecule has 0 spiro atoms. The molecule has 4 rings (SSSR count). The fourth-order valence-electron chi connectivity index (χ4n) is 8.59. The van der Waals surface area contributed by atoms with Gasteiger partial charge in [0.15, 0.2) is 0 Å². The summed E-state index contributed by atoms with van der Waals surface area (Å²) in [6, 6.07) is 0. The number of amides is 1. The molecule has 0 heterocycles. The van der Waals surface area contributed by atoms with Crippen LogP contribution in [-0.4, -0.2) is 42.7 Å². The van der Waals surface area contributed by atoms with Crippen molar-refractivity contribution in [3.8, 4) is 0 Å². The van der Waals surface area contributed by atoms with Crippen molar-refractivity contribution in [3.63, 3.8) is 0 Å². The monoisotopic (exact) mass is 537 g/mol. The predicted octanol–water partition coefficient (Wildman–Crippen LogP) is 6.64. The molecule has 2 N–H and O–H groups in total. The van der Waals surface area contributed by atoms with Crippen LogP contribution in [0.5, 0.6) is 0 Å². The molecule has 3 fully saturated rings. The van der Waals surface area contributed by atoms with E-state index >= 15 is 0 Å². The smallest absolute Gasteiger partial charge is 0.407 e. The third kappa shape index (κ3) is 6.36. The van der Waals surface area contributed by atoms with Crippen LogP contribution >= 0.6 is 7.60 Å². The molecule has 4 aliphatic rings. The van der Waals surface area contributed by atoms with Crippen molar-refractivity contribution >= 4 is 19.5 Å². The van der Waals surface area contributed by atoms with Gasteiger partial charge in [0, 0.05) is 25.5 Å². The topological polar surface area (TPSA) is 102 Å². The third-order valence-corrected chi connectivity index (χ3v) is 11.2. The number of unbranched alkanes of at least 4 members (excludes halogenated alkanes) is 3. The predicted molar refractivity (Wildman–Crippen MR) is 144 cm³/mol. The highest BCUT2D eigenvalue weighted by Gasteiger charge is 2.59. The van der Waals surface area contributed by atoms with E-state index in [1.165, 1.54) is 31.5 Å². The number of ether oxygens (including phenoxy) is 1. The Hall–Kier alpha value is -1.17. The lowest BCUT2D eigenvalue weighted by Gasteiger charge is -2.58. The van der Waals surface area contributed by atoms with Crippen LogP contribution in [0.1, 0.15) is 97.8 Å². The minimum atomic E-state index is -3.38. The van der Waals surface area contributed by atoms with Gasteiger partial charge in [-0.2, -0.15) is 0 Å². The average molecular weight is 538 g/mol. The van der Waals surface area contributed by atoms with Gasteiger partial charge in [-0.25, -0.2) is 4.79 Å². The lowest BCUT2D eigenvalue weighted by molar-refractivity contribution is -0.127. The highest BCUT2D eigenvalue weighted by atomic mass is 31.2. The van der Waals surface area contributed by atoms with Crippen molar-refractivity contribution in [2.24, 2.45) is 34.5 Å². The van der Waals surface area contributed by atoms with Crippen molar-refractivity contribution < 1.29 is 28.3 Å². The quantitative estimate of drug-likeness (QED) is 0.184. The summed E-state index contributed by atoms with van der Waals surface area (Å²) in [6.07, 6.45) is 14.1. The number of nitrogens with one attached hydrogen (secondary N) is 1. The summed E-state index contributed by atoms with van der Waals surface area (Å²) >= 11 is 0. The Kier molecular flexibility index (Phi) is 8.97. The van der Waals surface area contributed by atoms with Gasteiger partial charge < -0.3 is 19.5 Å². The van der Waals surface area contributed by atoms with Gasteiger partial charge in [0.25, 0.3) is 0 Å². The molecule has 1 unspecified atom stereocenters. The fraction of sp³-hybridized carbons (Fsp3) is 0.862. The SMILES string of the molecule is CC(=O)[C@H]1CC[C@H]2[C@@H]3CC=C4C[C@@H](OC(=O)NCCCCCCOP(C)(=O)O)CC[C@]4(C)[C@H]3CC[C@]12C. The molecule has 3 saturated carbocycles. The van der Waals surface area contributed by atoms with Crippen LogP contribution in [0.4, 0.5) is 4.79 Å². The van der Waals surface area contributed by atoms with E-state index in [0.29, 0.717) is 30.1 Å². The molecule has 1 amide bonds. The van der Waals surface area contributed by atoms with Crippen LogP contribution in [0.2, 0.25) is 0 Å². The van der Waals surface area contributed by atoms with Crippen molar-refractivity contribution in [2.75, 3.05) is 19.8 Å². The molecule has 4 aliphatic carbocycles. The second-order valence-electron chi connectivity index (χ2n) is 12.8. The highest BCUT2D eigenvalue weighted by Crippen LogP contribution is 2.66. The number of ketones is 1. The van der Waals surface area contributed by atoms with Crippen molar-refractivity contribution in [2.45, 2.75) is 104 Å². The molecule has 210 valence electrons. The Morgan fingerprint density at radius 1 is 1.08 bits per heavy atom. The van der Waals surface area contributed by atoms with Gasteiger partial charge in [0.1, 0.15) is 11.9 Å². The molecule has 0 bridgehead atoms. The van der Waals surface area contributed by atoms with Gasteiger partial charge in [-0.15, -0.1) is 0 Å². The second-order valence-corrected chi connectivity index (χ2v) is 14.7. The van der Waals surface area contributed by atoms with E-state index in [9.17, 15) is 14.2 Å². The maximum Gasteiger partial charge on any atom is 0.407 e. The molecule has 37 heavy (non-hydrogen) atoms. The van der Waals surface area contributed by atoms with Gasteiger partial charge in [0.2, 0.25) is 0 Å². The molecule has 0 aromatic rings. The number of carbonyl (C=O) groups is 2. The van der Waals surface area contributed by atoms with Crippen molar-refractivity contribution in [1.82, 2.24) is 5.32 Å². The molecule has 0 aromatic heterocycles. The summed E-state index contributed by atoms with van der Waals surface area (Å²) in [5.74, 6) is 2.65. The van der Waals surface area contributed by atoms with E-state index in [1.54, 1.807) is 6.92 Å². The number of hydrogen-bond donors (Lipinski definition) is 2. The van der Waals surface area contributed by atoms with E-state index in [4.69, 9.17) is 14.2 Å². The number of hydrogen-bond acceptors (Lipinski definition) is 5.